The normalized spacial score (nSPS) is 17.8. The summed E-state index contributed by atoms with van der Waals surface area (Å²) in [5, 5.41) is 12.1. The summed E-state index contributed by atoms with van der Waals surface area (Å²) in [7, 11) is 0. The van der Waals surface area contributed by atoms with E-state index < -0.39 is 17.9 Å². The minimum absolute atomic E-state index is 0.165. The SMILES string of the molecule is O=C(NC(C(=O)N1CCCC(C(=O)O)C1)c1ccccc1)c1ccccc1. The molecule has 1 aliphatic heterocycles. The van der Waals surface area contributed by atoms with Crippen molar-refractivity contribution in [3.05, 3.63) is 71.8 Å². The number of carbonyl (C=O) groups is 3. The molecule has 2 unspecified atom stereocenters. The monoisotopic (exact) mass is 366 g/mol. The molecule has 6 nitrogen and oxygen atoms in total. The van der Waals surface area contributed by atoms with Crippen molar-refractivity contribution in [1.29, 1.82) is 0 Å². The van der Waals surface area contributed by atoms with Crippen LogP contribution in [0.3, 0.4) is 0 Å². The molecule has 2 amide bonds. The van der Waals surface area contributed by atoms with Crippen LogP contribution in [-0.2, 0) is 9.59 Å². The second kappa shape index (κ2) is 8.49. The van der Waals surface area contributed by atoms with Crippen molar-refractivity contribution in [3.8, 4) is 0 Å². The first kappa shape index (κ1) is 18.6. The highest BCUT2D eigenvalue weighted by Gasteiger charge is 2.33. The molecule has 1 fully saturated rings. The number of nitrogens with one attached hydrogen (secondary N) is 1. The summed E-state index contributed by atoms with van der Waals surface area (Å²) in [6.07, 6.45) is 1.20. The number of carboxylic acids is 1. The average Bonchev–Trinajstić information content (AvgIpc) is 2.72. The highest BCUT2D eigenvalue weighted by Crippen LogP contribution is 2.22. The molecule has 2 aromatic carbocycles. The Morgan fingerprint density at radius 3 is 2.26 bits per heavy atom. The summed E-state index contributed by atoms with van der Waals surface area (Å²) in [6.45, 7) is 0.659. The lowest BCUT2D eigenvalue weighted by Crippen LogP contribution is -2.48. The Hall–Kier alpha value is -3.15. The van der Waals surface area contributed by atoms with E-state index in [2.05, 4.69) is 5.32 Å². The van der Waals surface area contributed by atoms with Gasteiger partial charge < -0.3 is 15.3 Å². The molecule has 0 bridgehead atoms. The van der Waals surface area contributed by atoms with Gasteiger partial charge in [-0.2, -0.15) is 0 Å². The molecule has 0 aromatic heterocycles. The summed E-state index contributed by atoms with van der Waals surface area (Å²) in [5.41, 5.74) is 1.14. The number of amides is 2. The van der Waals surface area contributed by atoms with Gasteiger partial charge in [-0.15, -0.1) is 0 Å². The number of carboxylic acid groups (broad SMARTS) is 1. The lowest BCUT2D eigenvalue weighted by Gasteiger charge is -2.33. The van der Waals surface area contributed by atoms with Crippen LogP contribution in [0.15, 0.2) is 60.7 Å². The van der Waals surface area contributed by atoms with Crippen LogP contribution < -0.4 is 5.32 Å². The number of piperidine rings is 1. The topological polar surface area (TPSA) is 86.7 Å². The second-order valence-electron chi connectivity index (χ2n) is 6.64. The molecule has 6 heteroatoms. The Morgan fingerprint density at radius 1 is 1.00 bits per heavy atom. The van der Waals surface area contributed by atoms with E-state index in [9.17, 15) is 19.5 Å². The van der Waals surface area contributed by atoms with E-state index >= 15 is 0 Å². The summed E-state index contributed by atoms with van der Waals surface area (Å²) >= 11 is 0. The summed E-state index contributed by atoms with van der Waals surface area (Å²) in [4.78, 5) is 38.6. The number of rotatable bonds is 5. The predicted molar refractivity (Wildman–Crippen MR) is 100 cm³/mol. The van der Waals surface area contributed by atoms with Crippen LogP contribution in [0.5, 0.6) is 0 Å². The highest BCUT2D eigenvalue weighted by atomic mass is 16.4. The number of carbonyl (C=O) groups excluding carboxylic acids is 2. The molecular weight excluding hydrogens is 344 g/mol. The number of hydrogen-bond donors (Lipinski definition) is 2. The quantitative estimate of drug-likeness (QED) is 0.851. The molecule has 2 atom stereocenters. The maximum absolute atomic E-state index is 13.2. The van der Waals surface area contributed by atoms with Crippen LogP contribution >= 0.6 is 0 Å². The number of likely N-dealkylation sites (tertiary alicyclic amines) is 1. The number of hydrogen-bond acceptors (Lipinski definition) is 3. The Bertz CT molecular complexity index is 807. The minimum Gasteiger partial charge on any atom is -0.481 e. The Kier molecular flexibility index (Phi) is 5.86. The number of benzene rings is 2. The lowest BCUT2D eigenvalue weighted by molar-refractivity contribution is -0.146. The summed E-state index contributed by atoms with van der Waals surface area (Å²) < 4.78 is 0. The molecule has 3 rings (SSSR count). The van der Waals surface area contributed by atoms with Gasteiger partial charge in [-0.1, -0.05) is 48.5 Å². The molecule has 0 saturated carbocycles. The predicted octanol–water partition coefficient (Wildman–Crippen LogP) is 2.48. The van der Waals surface area contributed by atoms with Crippen LogP contribution in [-0.4, -0.2) is 40.9 Å². The summed E-state index contributed by atoms with van der Waals surface area (Å²) in [5.74, 6) is -2.08. The van der Waals surface area contributed by atoms with E-state index in [1.807, 2.05) is 12.1 Å². The lowest BCUT2D eigenvalue weighted by atomic mass is 9.96. The van der Waals surface area contributed by atoms with E-state index in [0.29, 0.717) is 30.5 Å². The first-order chi connectivity index (χ1) is 13.1. The average molecular weight is 366 g/mol. The van der Waals surface area contributed by atoms with Crippen molar-refractivity contribution in [1.82, 2.24) is 10.2 Å². The zero-order valence-electron chi connectivity index (χ0n) is 14.9. The maximum atomic E-state index is 13.2. The summed E-state index contributed by atoms with van der Waals surface area (Å²) in [6, 6.07) is 16.9. The third kappa shape index (κ3) is 4.53. The zero-order chi connectivity index (χ0) is 19.2. The van der Waals surface area contributed by atoms with Gasteiger partial charge in [0.1, 0.15) is 6.04 Å². The smallest absolute Gasteiger partial charge is 0.308 e. The molecule has 0 spiro atoms. The van der Waals surface area contributed by atoms with Crippen molar-refractivity contribution in [2.45, 2.75) is 18.9 Å². The fraction of sp³-hybridized carbons (Fsp3) is 0.286. The third-order valence-corrected chi connectivity index (χ3v) is 4.77. The standard InChI is InChI=1S/C21H22N2O4/c24-19(16-10-5-2-6-11-16)22-18(15-8-3-1-4-9-15)20(25)23-13-7-12-17(14-23)21(26)27/h1-6,8-11,17-18H,7,12-14H2,(H,22,24)(H,26,27). The molecule has 27 heavy (non-hydrogen) atoms. The number of aliphatic carboxylic acids is 1. The fourth-order valence-electron chi connectivity index (χ4n) is 3.30. The Morgan fingerprint density at radius 2 is 1.63 bits per heavy atom. The van der Waals surface area contributed by atoms with E-state index in [0.717, 1.165) is 0 Å². The van der Waals surface area contributed by atoms with Gasteiger partial charge >= 0.3 is 5.97 Å². The van der Waals surface area contributed by atoms with Crippen molar-refractivity contribution in [3.63, 3.8) is 0 Å². The van der Waals surface area contributed by atoms with Gasteiger partial charge in [-0.25, -0.2) is 0 Å². The van der Waals surface area contributed by atoms with Crippen molar-refractivity contribution < 1.29 is 19.5 Å². The molecule has 1 saturated heterocycles. The molecule has 2 aromatic rings. The zero-order valence-corrected chi connectivity index (χ0v) is 14.9. The van der Waals surface area contributed by atoms with Crippen molar-refractivity contribution >= 4 is 17.8 Å². The van der Waals surface area contributed by atoms with Gasteiger partial charge in [0.05, 0.1) is 5.92 Å². The maximum Gasteiger partial charge on any atom is 0.308 e. The van der Waals surface area contributed by atoms with Gasteiger partial charge in [0.2, 0.25) is 5.91 Å². The molecule has 140 valence electrons. The molecule has 1 heterocycles. The Labute approximate surface area is 157 Å². The fourth-order valence-corrected chi connectivity index (χ4v) is 3.30. The van der Waals surface area contributed by atoms with Gasteiger partial charge in [0, 0.05) is 18.7 Å². The molecular formula is C21H22N2O4. The largest absolute Gasteiger partial charge is 0.481 e. The van der Waals surface area contributed by atoms with Gasteiger partial charge in [0.25, 0.3) is 5.91 Å². The first-order valence-corrected chi connectivity index (χ1v) is 8.98. The minimum atomic E-state index is -0.892. The van der Waals surface area contributed by atoms with Crippen molar-refractivity contribution in [2.75, 3.05) is 13.1 Å². The molecule has 0 aliphatic carbocycles. The molecule has 2 N–H and O–H groups in total. The van der Waals surface area contributed by atoms with Crippen LogP contribution in [0.4, 0.5) is 0 Å². The first-order valence-electron chi connectivity index (χ1n) is 8.98. The third-order valence-electron chi connectivity index (χ3n) is 4.77. The molecule has 1 aliphatic rings. The van der Waals surface area contributed by atoms with Crippen LogP contribution in [0, 0.1) is 5.92 Å². The number of nitrogens with zero attached hydrogens (tertiary/aromatic N) is 1. The highest BCUT2D eigenvalue weighted by molar-refractivity contribution is 5.98. The van der Waals surface area contributed by atoms with Gasteiger partial charge in [0.15, 0.2) is 0 Å². The second-order valence-corrected chi connectivity index (χ2v) is 6.64. The van der Waals surface area contributed by atoms with Crippen LogP contribution in [0.1, 0.15) is 34.8 Å². The van der Waals surface area contributed by atoms with E-state index in [4.69, 9.17) is 0 Å². The van der Waals surface area contributed by atoms with E-state index in [-0.39, 0.29) is 18.4 Å². The van der Waals surface area contributed by atoms with E-state index in [1.54, 1.807) is 53.4 Å². The Balaban J connectivity index is 1.83. The van der Waals surface area contributed by atoms with E-state index in [1.165, 1.54) is 0 Å². The van der Waals surface area contributed by atoms with Gasteiger partial charge in [-0.05, 0) is 30.5 Å². The van der Waals surface area contributed by atoms with Crippen LogP contribution in [0.25, 0.3) is 0 Å². The molecule has 0 radical (unpaired) electrons. The van der Waals surface area contributed by atoms with Crippen molar-refractivity contribution in [2.24, 2.45) is 5.92 Å². The van der Waals surface area contributed by atoms with Gasteiger partial charge in [-0.3, -0.25) is 14.4 Å². The van der Waals surface area contributed by atoms with Crippen LogP contribution in [0.2, 0.25) is 0 Å².